The van der Waals surface area contributed by atoms with E-state index in [1.807, 2.05) is 0 Å². The van der Waals surface area contributed by atoms with Gasteiger partial charge in [-0.2, -0.15) is 5.21 Å². The summed E-state index contributed by atoms with van der Waals surface area (Å²) < 4.78 is 14.6. The van der Waals surface area contributed by atoms with E-state index in [2.05, 4.69) is 15.5 Å². The lowest BCUT2D eigenvalue weighted by atomic mass is 10.2. The molecule has 4 nitrogen and oxygen atoms in total. The molecule has 1 aromatic carbocycles. The lowest BCUT2D eigenvalue weighted by molar-refractivity contribution is 0.620. The predicted octanol–water partition coefficient (Wildman–Crippen LogP) is 1.52. The van der Waals surface area contributed by atoms with Crippen LogP contribution in [-0.2, 0) is 6.54 Å². The van der Waals surface area contributed by atoms with Crippen LogP contribution in [0.5, 0.6) is 0 Å². The Morgan fingerprint density at radius 1 is 1.36 bits per heavy atom. The summed E-state index contributed by atoms with van der Waals surface area (Å²) in [4.78, 5) is 0. The number of tetrazole rings is 1. The number of rotatable bonds is 2. The number of nitrogens with one attached hydrogen (secondary N) is 1. The lowest BCUT2D eigenvalue weighted by Gasteiger charge is -2.00. The van der Waals surface area contributed by atoms with Crippen molar-refractivity contribution >= 4 is 12.2 Å². The van der Waals surface area contributed by atoms with E-state index in [0.29, 0.717) is 11.3 Å². The highest BCUT2D eigenvalue weighted by Crippen LogP contribution is 2.03. The minimum Gasteiger partial charge on any atom is -0.238 e. The van der Waals surface area contributed by atoms with Crippen LogP contribution in [0.2, 0.25) is 0 Å². The summed E-state index contributed by atoms with van der Waals surface area (Å²) in [7, 11) is 0. The fourth-order valence-electron chi connectivity index (χ4n) is 1.09. The second-order valence-electron chi connectivity index (χ2n) is 2.80. The van der Waals surface area contributed by atoms with E-state index >= 15 is 0 Å². The minimum absolute atomic E-state index is 0.250. The second-order valence-corrected chi connectivity index (χ2v) is 3.16. The number of hydrogen-bond acceptors (Lipinski definition) is 3. The number of halogens is 1. The molecule has 2 aromatic rings. The van der Waals surface area contributed by atoms with E-state index in [9.17, 15) is 4.39 Å². The maximum Gasteiger partial charge on any atom is 0.238 e. The van der Waals surface area contributed by atoms with Gasteiger partial charge in [0, 0.05) is 0 Å². The van der Waals surface area contributed by atoms with Crippen molar-refractivity contribution in [3.63, 3.8) is 0 Å². The van der Waals surface area contributed by atoms with Crippen LogP contribution in [0.25, 0.3) is 0 Å². The number of H-pyrrole nitrogens is 1. The predicted molar refractivity (Wildman–Crippen MR) is 50.7 cm³/mol. The van der Waals surface area contributed by atoms with E-state index < -0.39 is 0 Å². The molecule has 72 valence electrons. The number of nitrogens with zero attached hydrogens (tertiary/aromatic N) is 3. The molecule has 1 aromatic heterocycles. The Bertz CT molecular complexity index is 473. The molecule has 6 heteroatoms. The molecular weight excluding hydrogens is 203 g/mol. The Balaban J connectivity index is 2.23. The van der Waals surface area contributed by atoms with Crippen molar-refractivity contribution in [3.05, 3.63) is 40.4 Å². The van der Waals surface area contributed by atoms with Gasteiger partial charge in [-0.3, -0.25) is 0 Å². The quantitative estimate of drug-likeness (QED) is 0.764. The number of benzene rings is 1. The van der Waals surface area contributed by atoms with Crippen molar-refractivity contribution < 1.29 is 4.39 Å². The van der Waals surface area contributed by atoms with Crippen molar-refractivity contribution in [2.24, 2.45) is 0 Å². The van der Waals surface area contributed by atoms with Gasteiger partial charge in [-0.1, -0.05) is 22.4 Å². The van der Waals surface area contributed by atoms with E-state index in [-0.39, 0.29) is 5.82 Å². The molecule has 0 saturated heterocycles. The van der Waals surface area contributed by atoms with Crippen molar-refractivity contribution in [2.75, 3.05) is 0 Å². The normalized spacial score (nSPS) is 10.4. The third-order valence-corrected chi connectivity index (χ3v) is 2.09. The van der Waals surface area contributed by atoms with Crippen molar-refractivity contribution in [1.82, 2.24) is 20.2 Å². The molecule has 1 N–H and O–H groups in total. The number of aromatic amines is 1. The molecule has 0 aliphatic rings. The zero-order valence-corrected chi connectivity index (χ0v) is 7.96. The zero-order valence-electron chi connectivity index (χ0n) is 7.14. The van der Waals surface area contributed by atoms with E-state index in [0.717, 1.165) is 5.56 Å². The molecule has 0 bridgehead atoms. The van der Waals surface area contributed by atoms with Crippen molar-refractivity contribution in [1.29, 1.82) is 0 Å². The molecule has 0 amide bonds. The maximum atomic E-state index is 12.6. The Labute approximate surface area is 84.4 Å². The average molecular weight is 210 g/mol. The SMILES string of the molecule is Fc1ccc(Cn2[nH]nnc2=S)cc1. The van der Waals surface area contributed by atoms with Crippen LogP contribution < -0.4 is 0 Å². The summed E-state index contributed by atoms with van der Waals surface area (Å²) in [5, 5.41) is 9.80. The molecule has 0 aliphatic carbocycles. The fourth-order valence-corrected chi connectivity index (χ4v) is 1.24. The third-order valence-electron chi connectivity index (χ3n) is 1.79. The van der Waals surface area contributed by atoms with Gasteiger partial charge in [0.25, 0.3) is 0 Å². The minimum atomic E-state index is -0.250. The molecule has 0 fully saturated rings. The van der Waals surface area contributed by atoms with Gasteiger partial charge in [-0.25, -0.2) is 9.07 Å². The van der Waals surface area contributed by atoms with Gasteiger partial charge < -0.3 is 0 Å². The zero-order chi connectivity index (χ0) is 9.97. The number of aromatic nitrogens is 4. The van der Waals surface area contributed by atoms with E-state index in [1.165, 1.54) is 12.1 Å². The number of hydrogen-bond donors (Lipinski definition) is 1. The lowest BCUT2D eigenvalue weighted by Crippen LogP contribution is -2.01. The summed E-state index contributed by atoms with van der Waals surface area (Å²) in [6, 6.07) is 6.20. The summed E-state index contributed by atoms with van der Waals surface area (Å²) in [6.45, 7) is 0.520. The molecule has 0 unspecified atom stereocenters. The van der Waals surface area contributed by atoms with Gasteiger partial charge in [0.1, 0.15) is 5.82 Å². The molecule has 2 rings (SSSR count). The van der Waals surface area contributed by atoms with Crippen LogP contribution in [-0.4, -0.2) is 20.2 Å². The Morgan fingerprint density at radius 3 is 2.64 bits per heavy atom. The molecule has 1 heterocycles. The fraction of sp³-hybridized carbons (Fsp3) is 0.125. The third kappa shape index (κ3) is 1.85. The van der Waals surface area contributed by atoms with Gasteiger partial charge in [0.2, 0.25) is 4.77 Å². The molecule has 0 spiro atoms. The van der Waals surface area contributed by atoms with E-state index in [4.69, 9.17) is 12.2 Å². The second kappa shape index (κ2) is 3.67. The molecule has 0 saturated carbocycles. The summed E-state index contributed by atoms with van der Waals surface area (Å²) >= 11 is 4.89. The standard InChI is InChI=1S/C8H7FN4S/c9-7-3-1-6(2-4-7)5-13-8(14)10-11-12-13/h1-4H,5H2,(H,10,12,14). The highest BCUT2D eigenvalue weighted by molar-refractivity contribution is 7.71. The highest BCUT2D eigenvalue weighted by Gasteiger charge is 1.97. The largest absolute Gasteiger partial charge is 0.238 e. The molecule has 0 radical (unpaired) electrons. The first-order chi connectivity index (χ1) is 6.75. The monoisotopic (exact) mass is 210 g/mol. The first-order valence-corrected chi connectivity index (χ1v) is 4.39. The van der Waals surface area contributed by atoms with Gasteiger partial charge in [-0.05, 0) is 29.9 Å². The highest BCUT2D eigenvalue weighted by atomic mass is 32.1. The van der Waals surface area contributed by atoms with Crippen molar-refractivity contribution in [2.45, 2.75) is 6.54 Å². The first kappa shape index (κ1) is 9.01. The van der Waals surface area contributed by atoms with Gasteiger partial charge in [-0.15, -0.1) is 0 Å². The van der Waals surface area contributed by atoms with Gasteiger partial charge in [0.05, 0.1) is 6.54 Å². The molecular formula is C8H7FN4S. The van der Waals surface area contributed by atoms with Crippen LogP contribution >= 0.6 is 12.2 Å². The molecule has 0 atom stereocenters. The van der Waals surface area contributed by atoms with Crippen LogP contribution in [0.15, 0.2) is 24.3 Å². The smallest absolute Gasteiger partial charge is 0.238 e. The van der Waals surface area contributed by atoms with Crippen molar-refractivity contribution in [3.8, 4) is 0 Å². The molecule has 0 aliphatic heterocycles. The summed E-state index contributed by atoms with van der Waals surface area (Å²) in [5.41, 5.74) is 0.938. The van der Waals surface area contributed by atoms with Gasteiger partial charge in [0.15, 0.2) is 0 Å². The van der Waals surface area contributed by atoms with E-state index in [1.54, 1.807) is 16.8 Å². The van der Waals surface area contributed by atoms with Crippen LogP contribution in [0, 0.1) is 10.6 Å². The Morgan fingerprint density at radius 2 is 2.07 bits per heavy atom. The van der Waals surface area contributed by atoms with Crippen LogP contribution in [0.3, 0.4) is 0 Å². The first-order valence-electron chi connectivity index (χ1n) is 3.98. The topological polar surface area (TPSA) is 46.5 Å². The Kier molecular flexibility index (Phi) is 2.36. The van der Waals surface area contributed by atoms with Gasteiger partial charge >= 0.3 is 0 Å². The Hall–Kier alpha value is -1.56. The molecule has 14 heavy (non-hydrogen) atoms. The maximum absolute atomic E-state index is 12.6. The summed E-state index contributed by atoms with van der Waals surface area (Å²) in [6.07, 6.45) is 0. The summed E-state index contributed by atoms with van der Waals surface area (Å²) in [5.74, 6) is -0.250. The van der Waals surface area contributed by atoms with Crippen LogP contribution in [0.1, 0.15) is 5.56 Å². The average Bonchev–Trinajstić information content (AvgIpc) is 2.56. The van der Waals surface area contributed by atoms with Crippen LogP contribution in [0.4, 0.5) is 4.39 Å².